The number of nitrogens with one attached hydrogen (secondary N) is 1. The van der Waals surface area contributed by atoms with Gasteiger partial charge in [0.05, 0.1) is 0 Å². The third-order valence-electron chi connectivity index (χ3n) is 2.48. The van der Waals surface area contributed by atoms with Crippen LogP contribution < -0.4 is 10.1 Å². The van der Waals surface area contributed by atoms with Gasteiger partial charge in [0.2, 0.25) is 0 Å². The van der Waals surface area contributed by atoms with Crippen LogP contribution in [0.15, 0.2) is 18.2 Å². The fourth-order valence-electron chi connectivity index (χ4n) is 1.41. The van der Waals surface area contributed by atoms with Crippen molar-refractivity contribution in [2.45, 2.75) is 27.2 Å². The highest BCUT2D eigenvalue weighted by molar-refractivity contribution is 5.24. The van der Waals surface area contributed by atoms with Crippen molar-refractivity contribution in [3.63, 3.8) is 0 Å². The zero-order valence-corrected chi connectivity index (χ0v) is 11.2. The van der Waals surface area contributed by atoms with E-state index in [-0.39, 0.29) is 5.75 Å². The van der Waals surface area contributed by atoms with Gasteiger partial charge in [-0.3, -0.25) is 0 Å². The molecule has 0 saturated heterocycles. The molecule has 0 amide bonds. The predicted molar refractivity (Wildman–Crippen MR) is 68.8 cm³/mol. The minimum atomic E-state index is -0.536. The van der Waals surface area contributed by atoms with E-state index >= 15 is 0 Å². The van der Waals surface area contributed by atoms with E-state index in [0.717, 1.165) is 31.2 Å². The zero-order valence-electron chi connectivity index (χ0n) is 11.2. The Morgan fingerprint density at radius 2 is 1.89 bits per heavy atom. The van der Waals surface area contributed by atoms with E-state index in [4.69, 9.17) is 4.74 Å². The summed E-state index contributed by atoms with van der Waals surface area (Å²) < 4.78 is 31.2. The number of ether oxygens (including phenoxy) is 1. The summed E-state index contributed by atoms with van der Waals surface area (Å²) in [5.74, 6) is -1.06. The van der Waals surface area contributed by atoms with E-state index in [1.54, 1.807) is 0 Å². The topological polar surface area (TPSA) is 21.3 Å². The van der Waals surface area contributed by atoms with Crippen molar-refractivity contribution in [2.75, 3.05) is 19.7 Å². The van der Waals surface area contributed by atoms with Crippen molar-refractivity contribution in [2.24, 2.45) is 5.41 Å². The van der Waals surface area contributed by atoms with Crippen molar-refractivity contribution < 1.29 is 13.5 Å². The van der Waals surface area contributed by atoms with E-state index in [1.165, 1.54) is 0 Å². The second-order valence-corrected chi connectivity index (χ2v) is 5.48. The molecule has 0 spiro atoms. The second kappa shape index (κ2) is 6.69. The molecule has 0 heterocycles. The van der Waals surface area contributed by atoms with Gasteiger partial charge >= 0.3 is 0 Å². The Balaban J connectivity index is 2.20. The van der Waals surface area contributed by atoms with Crippen LogP contribution in [0.3, 0.4) is 0 Å². The lowest BCUT2D eigenvalue weighted by atomic mass is 9.92. The summed E-state index contributed by atoms with van der Waals surface area (Å²) in [6.45, 7) is 8.35. The van der Waals surface area contributed by atoms with Gasteiger partial charge in [-0.1, -0.05) is 20.8 Å². The van der Waals surface area contributed by atoms with Crippen LogP contribution in [0.2, 0.25) is 0 Å². The number of benzene rings is 1. The Bertz CT molecular complexity index is 375. The van der Waals surface area contributed by atoms with E-state index in [0.29, 0.717) is 18.6 Å². The van der Waals surface area contributed by atoms with E-state index in [1.807, 2.05) is 0 Å². The molecule has 1 N–H and O–H groups in total. The second-order valence-electron chi connectivity index (χ2n) is 5.48. The van der Waals surface area contributed by atoms with Crippen LogP contribution >= 0.6 is 0 Å². The maximum absolute atomic E-state index is 13.2. The lowest BCUT2D eigenvalue weighted by Crippen LogP contribution is -2.25. The molecule has 102 valence electrons. The Kier molecular flexibility index (Phi) is 5.54. The molecule has 0 fully saturated rings. The van der Waals surface area contributed by atoms with Gasteiger partial charge in [-0.15, -0.1) is 0 Å². The Morgan fingerprint density at radius 1 is 1.17 bits per heavy atom. The molecular formula is C14H21F2NO. The number of rotatable bonds is 6. The van der Waals surface area contributed by atoms with Crippen LogP contribution in [0.5, 0.6) is 5.75 Å². The summed E-state index contributed by atoms with van der Waals surface area (Å²) in [6, 6.07) is 3.20. The molecule has 0 aliphatic rings. The van der Waals surface area contributed by atoms with Crippen LogP contribution in [0.25, 0.3) is 0 Å². The first kappa shape index (κ1) is 14.9. The van der Waals surface area contributed by atoms with Crippen molar-refractivity contribution in [3.05, 3.63) is 29.8 Å². The van der Waals surface area contributed by atoms with E-state index in [2.05, 4.69) is 26.1 Å². The molecule has 0 saturated carbocycles. The molecule has 1 aromatic rings. The van der Waals surface area contributed by atoms with Crippen LogP contribution in [0.1, 0.15) is 27.2 Å². The summed E-state index contributed by atoms with van der Waals surface area (Å²) in [5, 5.41) is 3.21. The van der Waals surface area contributed by atoms with Gasteiger partial charge in [-0.25, -0.2) is 8.78 Å². The highest BCUT2D eigenvalue weighted by Gasteiger charge is 2.08. The fourth-order valence-corrected chi connectivity index (χ4v) is 1.41. The standard InChI is InChI=1S/C14H21F2NO/c1-14(2,3)6-7-17-8-9-18-13-10-11(15)4-5-12(13)16/h4-5,10,17H,6-9H2,1-3H3. The maximum Gasteiger partial charge on any atom is 0.165 e. The molecule has 0 bridgehead atoms. The first-order valence-electron chi connectivity index (χ1n) is 6.17. The molecule has 0 aliphatic carbocycles. The van der Waals surface area contributed by atoms with Crippen molar-refractivity contribution in [3.8, 4) is 5.75 Å². The van der Waals surface area contributed by atoms with Gasteiger partial charge in [0.25, 0.3) is 0 Å². The molecule has 1 aromatic carbocycles. The minimum absolute atomic E-state index is 0.0346. The largest absolute Gasteiger partial charge is 0.489 e. The Hall–Kier alpha value is -1.16. The molecule has 1 rings (SSSR count). The molecule has 0 unspecified atom stereocenters. The summed E-state index contributed by atoms with van der Waals surface area (Å²) in [6.07, 6.45) is 1.06. The highest BCUT2D eigenvalue weighted by atomic mass is 19.1. The molecule has 0 radical (unpaired) electrons. The number of halogens is 2. The first-order chi connectivity index (χ1) is 8.38. The molecule has 2 nitrogen and oxygen atoms in total. The summed E-state index contributed by atoms with van der Waals surface area (Å²) in [4.78, 5) is 0. The third kappa shape index (κ3) is 5.96. The monoisotopic (exact) mass is 257 g/mol. The van der Waals surface area contributed by atoms with Crippen LogP contribution in [0, 0.1) is 17.0 Å². The summed E-state index contributed by atoms with van der Waals surface area (Å²) in [5.41, 5.74) is 0.294. The first-order valence-corrected chi connectivity index (χ1v) is 6.17. The quantitative estimate of drug-likeness (QED) is 0.789. The third-order valence-corrected chi connectivity index (χ3v) is 2.48. The van der Waals surface area contributed by atoms with Crippen molar-refractivity contribution in [1.82, 2.24) is 5.32 Å². The van der Waals surface area contributed by atoms with Gasteiger partial charge in [0.1, 0.15) is 12.4 Å². The fraction of sp³-hybridized carbons (Fsp3) is 0.571. The van der Waals surface area contributed by atoms with Gasteiger partial charge < -0.3 is 10.1 Å². The van der Waals surface area contributed by atoms with Crippen LogP contribution in [-0.4, -0.2) is 19.7 Å². The zero-order chi connectivity index (χ0) is 13.6. The van der Waals surface area contributed by atoms with E-state index < -0.39 is 11.6 Å². The van der Waals surface area contributed by atoms with Crippen LogP contribution in [-0.2, 0) is 0 Å². The SMILES string of the molecule is CC(C)(C)CCNCCOc1cc(F)ccc1F. The average molecular weight is 257 g/mol. The molecule has 4 heteroatoms. The summed E-state index contributed by atoms with van der Waals surface area (Å²) >= 11 is 0. The van der Waals surface area contributed by atoms with Crippen molar-refractivity contribution in [1.29, 1.82) is 0 Å². The normalized spacial score (nSPS) is 11.6. The van der Waals surface area contributed by atoms with Gasteiger partial charge in [0, 0.05) is 12.6 Å². The predicted octanol–water partition coefficient (Wildman–Crippen LogP) is 3.37. The van der Waals surface area contributed by atoms with Gasteiger partial charge in [-0.2, -0.15) is 0 Å². The Labute approximate surface area is 107 Å². The molecule has 0 aromatic heterocycles. The average Bonchev–Trinajstić information content (AvgIpc) is 2.26. The van der Waals surface area contributed by atoms with Gasteiger partial charge in [0.15, 0.2) is 11.6 Å². The minimum Gasteiger partial charge on any atom is -0.489 e. The highest BCUT2D eigenvalue weighted by Crippen LogP contribution is 2.18. The number of hydrogen-bond donors (Lipinski definition) is 1. The van der Waals surface area contributed by atoms with E-state index in [9.17, 15) is 8.78 Å². The molecular weight excluding hydrogens is 236 g/mol. The Morgan fingerprint density at radius 3 is 2.56 bits per heavy atom. The van der Waals surface area contributed by atoms with Crippen LogP contribution in [0.4, 0.5) is 8.78 Å². The van der Waals surface area contributed by atoms with Gasteiger partial charge in [-0.05, 0) is 30.5 Å². The molecule has 18 heavy (non-hydrogen) atoms. The smallest absolute Gasteiger partial charge is 0.165 e. The number of hydrogen-bond acceptors (Lipinski definition) is 2. The maximum atomic E-state index is 13.2. The lowest BCUT2D eigenvalue weighted by Gasteiger charge is -2.18. The van der Waals surface area contributed by atoms with Crippen molar-refractivity contribution >= 4 is 0 Å². The summed E-state index contributed by atoms with van der Waals surface area (Å²) in [7, 11) is 0. The molecule has 0 aliphatic heterocycles. The molecule has 0 atom stereocenters. The lowest BCUT2D eigenvalue weighted by molar-refractivity contribution is 0.290.